The molecule has 0 atom stereocenters. The molecule has 0 saturated heterocycles. The molecule has 0 aliphatic carbocycles. The maximum Gasteiger partial charge on any atom is 0.358 e. The minimum absolute atomic E-state index is 0.326. The second kappa shape index (κ2) is 5.68. The van der Waals surface area contributed by atoms with E-state index in [1.807, 2.05) is 17.6 Å². The Morgan fingerprint density at radius 1 is 1.20 bits per heavy atom. The van der Waals surface area contributed by atoms with Gasteiger partial charge in [0.1, 0.15) is 5.75 Å². The second-order valence-corrected chi connectivity index (χ2v) is 4.38. The number of carboxylic acids is 1. The molecule has 7 heteroatoms. The van der Waals surface area contributed by atoms with E-state index in [0.717, 1.165) is 10.8 Å². The first-order chi connectivity index (χ1) is 9.51. The van der Waals surface area contributed by atoms with Crippen molar-refractivity contribution in [3.63, 3.8) is 0 Å². The van der Waals surface area contributed by atoms with Crippen molar-refractivity contribution in [2.24, 2.45) is 11.6 Å². The number of hydrogen-bond acceptors (Lipinski definition) is 5. The largest absolute Gasteiger partial charge is 0.476 e. The van der Waals surface area contributed by atoms with Crippen LogP contribution in [0.1, 0.15) is 0 Å². The Morgan fingerprint density at radius 2 is 1.85 bits per heavy atom. The van der Waals surface area contributed by atoms with E-state index >= 15 is 0 Å². The molecule has 2 aromatic carbocycles. The number of nitrogens with two attached hydrogens (primary N) is 2. The molecule has 0 aliphatic heterocycles. The average molecular weight is 294 g/mol. The lowest BCUT2D eigenvalue weighted by atomic mass is 10.1. The zero-order valence-corrected chi connectivity index (χ0v) is 11.0. The summed E-state index contributed by atoms with van der Waals surface area (Å²) in [5.41, 5.74) is 7.11. The quantitative estimate of drug-likeness (QED) is 0.295. The van der Waals surface area contributed by atoms with Crippen LogP contribution in [0.5, 0.6) is 5.75 Å². The van der Waals surface area contributed by atoms with Gasteiger partial charge in [-0.1, -0.05) is 23.7 Å². The van der Waals surface area contributed by atoms with Gasteiger partial charge in [0.2, 0.25) is 5.88 Å². The predicted molar refractivity (Wildman–Crippen MR) is 75.8 cm³/mol. The first-order valence-electron chi connectivity index (χ1n) is 5.58. The molecule has 0 heterocycles. The second-order valence-electron chi connectivity index (χ2n) is 3.94. The normalized spacial score (nSPS) is 11.9. The van der Waals surface area contributed by atoms with Crippen LogP contribution in [-0.4, -0.2) is 11.1 Å². The molecule has 2 rings (SSSR count). The number of carbonyl (C=O) groups is 1. The minimum atomic E-state index is -1.31. The van der Waals surface area contributed by atoms with E-state index in [-0.39, 0.29) is 5.88 Å². The monoisotopic (exact) mass is 293 g/mol. The lowest BCUT2D eigenvalue weighted by molar-refractivity contribution is -0.133. The Balaban J connectivity index is 2.35. The molecule has 20 heavy (non-hydrogen) atoms. The Labute approximate surface area is 119 Å². The first-order valence-corrected chi connectivity index (χ1v) is 5.96. The van der Waals surface area contributed by atoms with Gasteiger partial charge in [-0.05, 0) is 35.0 Å². The maximum absolute atomic E-state index is 10.8. The number of rotatable bonds is 4. The van der Waals surface area contributed by atoms with Gasteiger partial charge in [-0.15, -0.1) is 0 Å². The molecular weight excluding hydrogens is 282 g/mol. The lowest BCUT2D eigenvalue weighted by Crippen LogP contribution is -2.31. The molecule has 0 bridgehead atoms. The van der Waals surface area contributed by atoms with Crippen LogP contribution in [0, 0.1) is 0 Å². The summed E-state index contributed by atoms with van der Waals surface area (Å²) < 4.78 is 5.27. The number of benzene rings is 2. The summed E-state index contributed by atoms with van der Waals surface area (Å²) >= 11 is 5.89. The van der Waals surface area contributed by atoms with E-state index in [1.165, 1.54) is 0 Å². The summed E-state index contributed by atoms with van der Waals surface area (Å²) in [7, 11) is 0. The summed E-state index contributed by atoms with van der Waals surface area (Å²) in [6.07, 6.45) is 0. The van der Waals surface area contributed by atoms with Gasteiger partial charge >= 0.3 is 5.97 Å². The molecule has 0 spiro atoms. The third-order valence-electron chi connectivity index (χ3n) is 2.61. The van der Waals surface area contributed by atoms with Crippen LogP contribution < -0.4 is 21.7 Å². The summed E-state index contributed by atoms with van der Waals surface area (Å²) in [6, 6.07) is 10.5. The van der Waals surface area contributed by atoms with Crippen molar-refractivity contribution >= 4 is 28.3 Å². The highest BCUT2D eigenvalue weighted by Gasteiger charge is 2.13. The van der Waals surface area contributed by atoms with Crippen molar-refractivity contribution < 1.29 is 14.6 Å². The van der Waals surface area contributed by atoms with Crippen molar-refractivity contribution in [3.8, 4) is 5.75 Å². The number of ether oxygens (including phenoxy) is 1. The fourth-order valence-electron chi connectivity index (χ4n) is 1.67. The van der Waals surface area contributed by atoms with Crippen LogP contribution in [0.4, 0.5) is 0 Å². The predicted octanol–water partition coefficient (Wildman–Crippen LogP) is 1.55. The number of hydrogen-bond donors (Lipinski definition) is 4. The van der Waals surface area contributed by atoms with Crippen molar-refractivity contribution in [2.45, 2.75) is 0 Å². The molecule has 0 fully saturated rings. The molecule has 104 valence electrons. The van der Waals surface area contributed by atoms with Gasteiger partial charge in [-0.2, -0.15) is 0 Å². The standard InChI is InChI=1S/C13H12ClN3O3/c14-9-3-1-8-6-10(4-2-7(8)5-9)20-12(15)11(17-16)13(18)19/h1-6,17H,15-16H2,(H,18,19)/b12-11+. The molecule has 0 amide bonds. The van der Waals surface area contributed by atoms with Crippen LogP contribution in [-0.2, 0) is 4.79 Å². The van der Waals surface area contributed by atoms with Crippen molar-refractivity contribution in [3.05, 3.63) is 53.0 Å². The molecular formula is C13H12ClN3O3. The number of nitrogens with one attached hydrogen (secondary N) is 1. The van der Waals surface area contributed by atoms with Gasteiger partial charge in [-0.25, -0.2) is 4.79 Å². The lowest BCUT2D eigenvalue weighted by Gasteiger charge is -2.10. The van der Waals surface area contributed by atoms with Gasteiger partial charge in [-0.3, -0.25) is 5.84 Å². The van der Waals surface area contributed by atoms with E-state index in [1.54, 1.807) is 24.3 Å². The zero-order valence-electron chi connectivity index (χ0n) is 10.3. The summed E-state index contributed by atoms with van der Waals surface area (Å²) in [5, 5.41) is 11.3. The Hall–Kier alpha value is -2.44. The van der Waals surface area contributed by atoms with Crippen LogP contribution in [0.25, 0.3) is 10.8 Å². The van der Waals surface area contributed by atoms with Crippen LogP contribution in [0.3, 0.4) is 0 Å². The summed E-state index contributed by atoms with van der Waals surface area (Å²) in [4.78, 5) is 10.8. The molecule has 6 nitrogen and oxygen atoms in total. The van der Waals surface area contributed by atoms with Crippen molar-refractivity contribution in [1.29, 1.82) is 0 Å². The van der Waals surface area contributed by atoms with E-state index in [4.69, 9.17) is 33.0 Å². The maximum atomic E-state index is 10.8. The highest BCUT2D eigenvalue weighted by Crippen LogP contribution is 2.24. The zero-order chi connectivity index (χ0) is 14.7. The molecule has 0 radical (unpaired) electrons. The number of fused-ring (bicyclic) bond motifs is 1. The van der Waals surface area contributed by atoms with E-state index in [9.17, 15) is 4.79 Å². The summed E-state index contributed by atoms with van der Waals surface area (Å²) in [5.74, 6) is 3.83. The van der Waals surface area contributed by atoms with Gasteiger partial charge in [0, 0.05) is 5.02 Å². The Bertz CT molecular complexity index is 700. The average Bonchev–Trinajstić information content (AvgIpc) is 2.39. The highest BCUT2D eigenvalue weighted by atomic mass is 35.5. The van der Waals surface area contributed by atoms with Gasteiger partial charge in [0.05, 0.1) is 0 Å². The van der Waals surface area contributed by atoms with E-state index in [2.05, 4.69) is 0 Å². The Morgan fingerprint density at radius 3 is 2.50 bits per heavy atom. The molecule has 6 N–H and O–H groups in total. The Kier molecular flexibility index (Phi) is 3.97. The summed E-state index contributed by atoms with van der Waals surface area (Å²) in [6.45, 7) is 0. The molecule has 0 aromatic heterocycles. The van der Waals surface area contributed by atoms with E-state index < -0.39 is 11.7 Å². The SMILES string of the molecule is NN/C(C(=O)O)=C(\N)Oc1ccc2cc(Cl)ccc2c1. The fourth-order valence-corrected chi connectivity index (χ4v) is 1.85. The van der Waals surface area contributed by atoms with E-state index in [0.29, 0.717) is 10.8 Å². The van der Waals surface area contributed by atoms with Crippen LogP contribution in [0.2, 0.25) is 5.02 Å². The molecule has 0 unspecified atom stereocenters. The topological polar surface area (TPSA) is 111 Å². The van der Waals surface area contributed by atoms with Crippen molar-refractivity contribution in [2.75, 3.05) is 0 Å². The van der Waals surface area contributed by atoms with Gasteiger partial charge in [0.25, 0.3) is 0 Å². The number of halogens is 1. The minimum Gasteiger partial charge on any atom is -0.476 e. The molecule has 0 saturated carbocycles. The van der Waals surface area contributed by atoms with Crippen molar-refractivity contribution in [1.82, 2.24) is 5.43 Å². The third-order valence-corrected chi connectivity index (χ3v) is 2.84. The number of carboxylic acid groups (broad SMARTS) is 1. The van der Waals surface area contributed by atoms with Gasteiger partial charge < -0.3 is 21.0 Å². The van der Waals surface area contributed by atoms with Gasteiger partial charge in [0.15, 0.2) is 5.70 Å². The third kappa shape index (κ3) is 2.93. The molecule has 0 aliphatic rings. The fraction of sp³-hybridized carbons (Fsp3) is 0. The number of aliphatic carboxylic acids is 1. The highest BCUT2D eigenvalue weighted by molar-refractivity contribution is 6.31. The molecule has 2 aromatic rings. The number of hydrazine groups is 1. The smallest absolute Gasteiger partial charge is 0.358 e. The van der Waals surface area contributed by atoms with Crippen LogP contribution in [0.15, 0.2) is 48.0 Å². The first kappa shape index (κ1) is 14.0. The van der Waals surface area contributed by atoms with Crippen LogP contribution >= 0.6 is 11.6 Å².